The summed E-state index contributed by atoms with van der Waals surface area (Å²) in [6, 6.07) is 18.8. The van der Waals surface area contributed by atoms with Gasteiger partial charge in [0, 0.05) is 21.7 Å². The van der Waals surface area contributed by atoms with Crippen molar-refractivity contribution in [1.82, 2.24) is 0 Å². The molecule has 1 aliphatic heterocycles. The van der Waals surface area contributed by atoms with Crippen LogP contribution in [-0.2, 0) is 6.42 Å². The maximum absolute atomic E-state index is 6.18. The van der Waals surface area contributed by atoms with E-state index in [1.54, 1.807) is 7.11 Å². The average molecular weight is 310 g/mol. The quantitative estimate of drug-likeness (QED) is 0.701. The third-order valence-corrected chi connectivity index (χ3v) is 4.56. The van der Waals surface area contributed by atoms with E-state index in [1.807, 2.05) is 18.2 Å². The zero-order valence-electron chi connectivity index (χ0n) is 12.3. The van der Waals surface area contributed by atoms with Crippen LogP contribution >= 0.6 is 11.6 Å². The van der Waals surface area contributed by atoms with Gasteiger partial charge in [-0.2, -0.15) is 0 Å². The lowest BCUT2D eigenvalue weighted by Gasteiger charge is -2.16. The van der Waals surface area contributed by atoms with Gasteiger partial charge in [-0.25, -0.2) is 0 Å². The number of hydrogen-bond donors (Lipinski definition) is 1. The van der Waals surface area contributed by atoms with E-state index >= 15 is 0 Å². The summed E-state index contributed by atoms with van der Waals surface area (Å²) in [6.07, 6.45) is 0.941. The Bertz CT molecular complexity index is 859. The van der Waals surface area contributed by atoms with Gasteiger partial charge < -0.3 is 10.1 Å². The van der Waals surface area contributed by atoms with Gasteiger partial charge in [-0.1, -0.05) is 48.0 Å². The van der Waals surface area contributed by atoms with Crippen LogP contribution in [0.3, 0.4) is 0 Å². The molecule has 2 nitrogen and oxygen atoms in total. The lowest BCUT2D eigenvalue weighted by atomic mass is 10.0. The molecule has 3 heteroatoms. The van der Waals surface area contributed by atoms with Gasteiger partial charge in [-0.3, -0.25) is 0 Å². The van der Waals surface area contributed by atoms with Crippen LogP contribution in [0.15, 0.2) is 54.6 Å². The molecule has 1 N–H and O–H groups in total. The Kier molecular flexibility index (Phi) is 3.20. The highest BCUT2D eigenvalue weighted by Crippen LogP contribution is 2.41. The first-order valence-electron chi connectivity index (χ1n) is 7.37. The van der Waals surface area contributed by atoms with Crippen molar-refractivity contribution in [2.24, 2.45) is 0 Å². The number of nitrogens with one attached hydrogen (secondary N) is 1. The minimum absolute atomic E-state index is 0.189. The van der Waals surface area contributed by atoms with Crippen molar-refractivity contribution in [3.8, 4) is 5.75 Å². The van der Waals surface area contributed by atoms with Gasteiger partial charge in [0.25, 0.3) is 0 Å². The van der Waals surface area contributed by atoms with E-state index in [0.29, 0.717) is 0 Å². The Morgan fingerprint density at radius 3 is 2.82 bits per heavy atom. The number of methoxy groups -OCH3 is 1. The largest absolute Gasteiger partial charge is 0.496 e. The Balaban J connectivity index is 1.79. The second kappa shape index (κ2) is 5.22. The third kappa shape index (κ3) is 2.11. The fourth-order valence-corrected chi connectivity index (χ4v) is 3.45. The highest BCUT2D eigenvalue weighted by Gasteiger charge is 2.26. The summed E-state index contributed by atoms with van der Waals surface area (Å²) in [5, 5.41) is 6.92. The maximum Gasteiger partial charge on any atom is 0.124 e. The zero-order chi connectivity index (χ0) is 15.1. The number of fused-ring (bicyclic) bond motifs is 3. The molecule has 0 spiro atoms. The first-order chi connectivity index (χ1) is 10.8. The van der Waals surface area contributed by atoms with E-state index in [9.17, 15) is 0 Å². The van der Waals surface area contributed by atoms with E-state index < -0.39 is 0 Å². The van der Waals surface area contributed by atoms with Crippen molar-refractivity contribution < 1.29 is 4.74 Å². The van der Waals surface area contributed by atoms with Crippen LogP contribution in [0, 0.1) is 0 Å². The van der Waals surface area contributed by atoms with Gasteiger partial charge in [0.05, 0.1) is 13.2 Å². The van der Waals surface area contributed by atoms with Crippen LogP contribution in [0.4, 0.5) is 5.69 Å². The molecular formula is C19H16ClNO. The maximum atomic E-state index is 6.18. The molecule has 0 aromatic heterocycles. The number of halogens is 1. The highest BCUT2D eigenvalue weighted by atomic mass is 35.5. The van der Waals surface area contributed by atoms with E-state index in [1.165, 1.54) is 22.0 Å². The minimum atomic E-state index is 0.189. The lowest BCUT2D eigenvalue weighted by molar-refractivity contribution is 0.407. The fraction of sp³-hybridized carbons (Fsp3) is 0.158. The summed E-state index contributed by atoms with van der Waals surface area (Å²) in [7, 11) is 1.70. The SMILES string of the molecule is COc1ccc(Cl)cc1C1Cc2ccc3ccccc3c2N1. The van der Waals surface area contributed by atoms with Crippen molar-refractivity contribution in [2.75, 3.05) is 12.4 Å². The molecule has 0 radical (unpaired) electrons. The van der Waals surface area contributed by atoms with Crippen LogP contribution in [0.2, 0.25) is 5.02 Å². The Morgan fingerprint density at radius 1 is 1.09 bits per heavy atom. The number of rotatable bonds is 2. The molecule has 1 unspecified atom stereocenters. The number of benzene rings is 3. The monoisotopic (exact) mass is 309 g/mol. The molecule has 3 aromatic carbocycles. The van der Waals surface area contributed by atoms with Gasteiger partial charge in [0.1, 0.15) is 5.75 Å². The van der Waals surface area contributed by atoms with Gasteiger partial charge in [-0.05, 0) is 35.6 Å². The van der Waals surface area contributed by atoms with E-state index in [0.717, 1.165) is 22.8 Å². The van der Waals surface area contributed by atoms with Crippen molar-refractivity contribution >= 4 is 28.1 Å². The molecule has 110 valence electrons. The highest BCUT2D eigenvalue weighted by molar-refractivity contribution is 6.30. The summed E-state index contributed by atoms with van der Waals surface area (Å²) in [5.74, 6) is 0.874. The normalized spacial score (nSPS) is 16.4. The topological polar surface area (TPSA) is 21.3 Å². The Hall–Kier alpha value is -2.19. The van der Waals surface area contributed by atoms with Gasteiger partial charge >= 0.3 is 0 Å². The third-order valence-electron chi connectivity index (χ3n) is 4.33. The van der Waals surface area contributed by atoms with E-state index in [2.05, 4.69) is 41.7 Å². The average Bonchev–Trinajstić information content (AvgIpc) is 2.99. The van der Waals surface area contributed by atoms with Gasteiger partial charge in [0.2, 0.25) is 0 Å². The summed E-state index contributed by atoms with van der Waals surface area (Å²) >= 11 is 6.18. The van der Waals surface area contributed by atoms with Crippen molar-refractivity contribution in [3.63, 3.8) is 0 Å². The lowest BCUT2D eigenvalue weighted by Crippen LogP contribution is -2.07. The van der Waals surface area contributed by atoms with Crippen LogP contribution in [0.1, 0.15) is 17.2 Å². The molecule has 1 heterocycles. The standard InChI is InChI=1S/C19H16ClNO/c1-22-18-9-8-14(20)11-16(18)17-10-13-7-6-12-4-2-3-5-15(12)19(13)21-17/h2-9,11,17,21H,10H2,1H3. The molecule has 0 aliphatic carbocycles. The first-order valence-corrected chi connectivity index (χ1v) is 7.74. The number of ether oxygens (including phenoxy) is 1. The Labute approximate surface area is 134 Å². The molecule has 0 saturated carbocycles. The molecule has 22 heavy (non-hydrogen) atoms. The predicted octanol–water partition coefficient (Wildman–Crippen LogP) is 5.21. The van der Waals surface area contributed by atoms with Gasteiger partial charge in [0.15, 0.2) is 0 Å². The van der Waals surface area contributed by atoms with Crippen LogP contribution in [-0.4, -0.2) is 7.11 Å². The predicted molar refractivity (Wildman–Crippen MR) is 92.0 cm³/mol. The van der Waals surface area contributed by atoms with Crippen LogP contribution in [0.5, 0.6) is 5.75 Å². The van der Waals surface area contributed by atoms with Crippen molar-refractivity contribution in [3.05, 3.63) is 70.7 Å². The summed E-state index contributed by atoms with van der Waals surface area (Å²) < 4.78 is 5.50. The molecular weight excluding hydrogens is 294 g/mol. The van der Waals surface area contributed by atoms with Crippen LogP contribution in [0.25, 0.3) is 10.8 Å². The van der Waals surface area contributed by atoms with E-state index in [-0.39, 0.29) is 6.04 Å². The molecule has 1 aliphatic rings. The molecule has 0 amide bonds. The first kappa shape index (κ1) is 13.5. The number of anilines is 1. The molecule has 0 fully saturated rings. The molecule has 0 bridgehead atoms. The molecule has 1 atom stereocenters. The fourth-order valence-electron chi connectivity index (χ4n) is 3.27. The summed E-state index contributed by atoms with van der Waals surface area (Å²) in [5.41, 5.74) is 3.67. The van der Waals surface area contributed by atoms with E-state index in [4.69, 9.17) is 16.3 Å². The second-order valence-corrected chi connectivity index (χ2v) is 6.04. The second-order valence-electron chi connectivity index (χ2n) is 5.61. The van der Waals surface area contributed by atoms with Crippen molar-refractivity contribution in [1.29, 1.82) is 0 Å². The minimum Gasteiger partial charge on any atom is -0.496 e. The molecule has 3 aromatic rings. The summed E-state index contributed by atoms with van der Waals surface area (Å²) in [6.45, 7) is 0. The zero-order valence-corrected chi connectivity index (χ0v) is 13.0. The summed E-state index contributed by atoms with van der Waals surface area (Å²) in [4.78, 5) is 0. The molecule has 0 saturated heterocycles. The number of hydrogen-bond acceptors (Lipinski definition) is 2. The van der Waals surface area contributed by atoms with Gasteiger partial charge in [-0.15, -0.1) is 0 Å². The Morgan fingerprint density at radius 2 is 1.95 bits per heavy atom. The molecule has 4 rings (SSSR count). The van der Waals surface area contributed by atoms with Crippen LogP contribution < -0.4 is 10.1 Å². The smallest absolute Gasteiger partial charge is 0.124 e. The van der Waals surface area contributed by atoms with Crippen molar-refractivity contribution in [2.45, 2.75) is 12.5 Å².